The molecule has 3 aromatic rings. The number of aromatic nitrogens is 3. The molecule has 2 aromatic carbocycles. The van der Waals surface area contributed by atoms with E-state index in [0.29, 0.717) is 23.9 Å². The van der Waals surface area contributed by atoms with Crippen LogP contribution in [0.25, 0.3) is 0 Å². The van der Waals surface area contributed by atoms with Crippen molar-refractivity contribution < 1.29 is 19.0 Å². The first-order valence-electron chi connectivity index (χ1n) is 8.49. The van der Waals surface area contributed by atoms with Crippen molar-refractivity contribution in [3.8, 4) is 11.5 Å². The Morgan fingerprint density at radius 2 is 1.96 bits per heavy atom. The van der Waals surface area contributed by atoms with E-state index in [1.165, 1.54) is 13.3 Å². The van der Waals surface area contributed by atoms with Gasteiger partial charge in [0.15, 0.2) is 17.3 Å². The van der Waals surface area contributed by atoms with Gasteiger partial charge in [-0.25, -0.2) is 4.79 Å². The van der Waals surface area contributed by atoms with Gasteiger partial charge < -0.3 is 24.8 Å². The van der Waals surface area contributed by atoms with Crippen LogP contribution in [0.3, 0.4) is 0 Å². The second-order valence-corrected chi connectivity index (χ2v) is 5.90. The van der Waals surface area contributed by atoms with Gasteiger partial charge in [0.1, 0.15) is 0 Å². The molecule has 1 aliphatic heterocycles. The Hall–Kier alpha value is -3.88. The molecule has 0 fully saturated rings. The fraction of sp³-hybridized carbons (Fsp3) is 0.158. The molecule has 142 valence electrons. The fourth-order valence-electron chi connectivity index (χ4n) is 2.63. The van der Waals surface area contributed by atoms with Crippen LogP contribution in [0.1, 0.15) is 15.9 Å². The van der Waals surface area contributed by atoms with Gasteiger partial charge in [-0.1, -0.05) is 6.07 Å². The molecule has 28 heavy (non-hydrogen) atoms. The SMILES string of the molecule is COC(=O)c1ccc(Nc2cnnc(NCc3ccc4c(c3)OCO4)n2)cc1. The van der Waals surface area contributed by atoms with Crippen LogP contribution in [0, 0.1) is 0 Å². The molecule has 0 aliphatic carbocycles. The maximum absolute atomic E-state index is 11.5. The van der Waals surface area contributed by atoms with Crippen molar-refractivity contribution in [3.63, 3.8) is 0 Å². The molecule has 1 aromatic heterocycles. The Kier molecular flexibility index (Phi) is 4.87. The highest BCUT2D eigenvalue weighted by Crippen LogP contribution is 2.32. The number of benzene rings is 2. The third-order valence-electron chi connectivity index (χ3n) is 4.02. The Bertz CT molecular complexity index is 994. The number of methoxy groups -OCH3 is 1. The third kappa shape index (κ3) is 3.93. The summed E-state index contributed by atoms with van der Waals surface area (Å²) in [5, 5.41) is 14.2. The van der Waals surface area contributed by atoms with Crippen molar-refractivity contribution in [2.75, 3.05) is 24.5 Å². The summed E-state index contributed by atoms with van der Waals surface area (Å²) < 4.78 is 15.4. The number of hydrogen-bond acceptors (Lipinski definition) is 9. The number of hydrogen-bond donors (Lipinski definition) is 2. The summed E-state index contributed by atoms with van der Waals surface area (Å²) in [4.78, 5) is 15.9. The number of nitrogens with one attached hydrogen (secondary N) is 2. The summed E-state index contributed by atoms with van der Waals surface area (Å²) in [5.41, 5.74) is 2.24. The van der Waals surface area contributed by atoms with E-state index in [1.807, 2.05) is 18.2 Å². The summed E-state index contributed by atoms with van der Waals surface area (Å²) in [6, 6.07) is 12.6. The first kappa shape index (κ1) is 17.5. The molecule has 1 aliphatic rings. The largest absolute Gasteiger partial charge is 0.465 e. The van der Waals surface area contributed by atoms with E-state index >= 15 is 0 Å². The molecule has 0 spiro atoms. The second kappa shape index (κ2) is 7.78. The first-order valence-corrected chi connectivity index (χ1v) is 8.49. The minimum atomic E-state index is -0.384. The smallest absolute Gasteiger partial charge is 0.337 e. The molecule has 0 unspecified atom stereocenters. The van der Waals surface area contributed by atoms with Crippen molar-refractivity contribution in [1.29, 1.82) is 0 Å². The lowest BCUT2D eigenvalue weighted by Gasteiger charge is -2.08. The molecule has 0 bridgehead atoms. The predicted octanol–water partition coefficient (Wildman–Crippen LogP) is 2.74. The Labute approximate surface area is 160 Å². The van der Waals surface area contributed by atoms with Crippen molar-refractivity contribution in [1.82, 2.24) is 15.2 Å². The van der Waals surface area contributed by atoms with Gasteiger partial charge in [-0.05, 0) is 42.0 Å². The van der Waals surface area contributed by atoms with Gasteiger partial charge >= 0.3 is 5.97 Å². The van der Waals surface area contributed by atoms with Gasteiger partial charge in [-0.3, -0.25) is 0 Å². The Morgan fingerprint density at radius 3 is 2.79 bits per heavy atom. The predicted molar refractivity (Wildman–Crippen MR) is 101 cm³/mol. The van der Waals surface area contributed by atoms with Crippen LogP contribution in [0.2, 0.25) is 0 Å². The van der Waals surface area contributed by atoms with Gasteiger partial charge in [0.2, 0.25) is 12.7 Å². The lowest BCUT2D eigenvalue weighted by atomic mass is 10.2. The van der Waals surface area contributed by atoms with Crippen LogP contribution < -0.4 is 20.1 Å². The van der Waals surface area contributed by atoms with Gasteiger partial charge in [0, 0.05) is 12.2 Å². The molecule has 0 amide bonds. The van der Waals surface area contributed by atoms with Crippen molar-refractivity contribution >= 4 is 23.4 Å². The van der Waals surface area contributed by atoms with E-state index < -0.39 is 0 Å². The lowest BCUT2D eigenvalue weighted by Crippen LogP contribution is -2.06. The number of fused-ring (bicyclic) bond motifs is 1. The summed E-state index contributed by atoms with van der Waals surface area (Å²) in [7, 11) is 1.35. The number of anilines is 3. The molecule has 9 heteroatoms. The molecule has 0 saturated carbocycles. The van der Waals surface area contributed by atoms with Crippen LogP contribution in [0.15, 0.2) is 48.7 Å². The van der Waals surface area contributed by atoms with Gasteiger partial charge in [0.05, 0.1) is 18.9 Å². The molecule has 2 heterocycles. The van der Waals surface area contributed by atoms with Gasteiger partial charge in [-0.2, -0.15) is 10.1 Å². The summed E-state index contributed by atoms with van der Waals surface area (Å²) >= 11 is 0. The molecular formula is C19H17N5O4. The number of ether oxygens (including phenoxy) is 3. The van der Waals surface area contributed by atoms with E-state index in [9.17, 15) is 4.79 Å². The fourth-order valence-corrected chi connectivity index (χ4v) is 2.63. The van der Waals surface area contributed by atoms with E-state index in [1.54, 1.807) is 24.3 Å². The molecule has 0 atom stereocenters. The quantitative estimate of drug-likeness (QED) is 0.625. The maximum Gasteiger partial charge on any atom is 0.337 e. The van der Waals surface area contributed by atoms with Crippen LogP contribution in [0.5, 0.6) is 11.5 Å². The number of nitrogens with zero attached hydrogens (tertiary/aromatic N) is 3. The van der Waals surface area contributed by atoms with Crippen LogP contribution >= 0.6 is 0 Å². The zero-order valence-electron chi connectivity index (χ0n) is 15.0. The molecule has 4 rings (SSSR count). The molecular weight excluding hydrogens is 362 g/mol. The second-order valence-electron chi connectivity index (χ2n) is 5.90. The Morgan fingerprint density at radius 1 is 1.14 bits per heavy atom. The standard InChI is InChI=1S/C19H17N5O4/c1-26-18(25)13-3-5-14(6-4-13)22-17-10-21-24-19(23-17)20-9-12-2-7-15-16(8-12)28-11-27-15/h2-8,10H,9,11H2,1H3,(H2,20,22,23,24). The van der Waals surface area contributed by atoms with Gasteiger partial charge in [-0.15, -0.1) is 5.10 Å². The van der Waals surface area contributed by atoms with E-state index in [0.717, 1.165) is 22.7 Å². The summed E-state index contributed by atoms with van der Waals surface area (Å²) in [6.45, 7) is 0.753. The normalized spacial score (nSPS) is 11.8. The average Bonchev–Trinajstić information content (AvgIpc) is 3.20. The number of carbonyl (C=O) groups is 1. The number of rotatable bonds is 6. The highest BCUT2D eigenvalue weighted by molar-refractivity contribution is 5.89. The van der Waals surface area contributed by atoms with Crippen molar-refractivity contribution in [3.05, 3.63) is 59.8 Å². The molecule has 9 nitrogen and oxygen atoms in total. The number of esters is 1. The van der Waals surface area contributed by atoms with Crippen molar-refractivity contribution in [2.24, 2.45) is 0 Å². The zero-order valence-corrected chi connectivity index (χ0v) is 15.0. The Balaban J connectivity index is 1.39. The monoisotopic (exact) mass is 379 g/mol. The van der Waals surface area contributed by atoms with Crippen LogP contribution in [-0.4, -0.2) is 35.1 Å². The number of carbonyl (C=O) groups excluding carboxylic acids is 1. The van der Waals surface area contributed by atoms with E-state index in [2.05, 4.69) is 30.6 Å². The van der Waals surface area contributed by atoms with Crippen molar-refractivity contribution in [2.45, 2.75) is 6.54 Å². The maximum atomic E-state index is 11.5. The summed E-state index contributed by atoms with van der Waals surface area (Å²) in [5.74, 6) is 1.99. The lowest BCUT2D eigenvalue weighted by molar-refractivity contribution is 0.0601. The highest BCUT2D eigenvalue weighted by Gasteiger charge is 2.13. The molecule has 0 saturated heterocycles. The third-order valence-corrected chi connectivity index (χ3v) is 4.02. The first-order chi connectivity index (χ1) is 13.7. The van der Waals surface area contributed by atoms with E-state index in [-0.39, 0.29) is 12.8 Å². The average molecular weight is 379 g/mol. The molecule has 0 radical (unpaired) electrons. The van der Waals surface area contributed by atoms with Gasteiger partial charge in [0.25, 0.3) is 0 Å². The van der Waals surface area contributed by atoms with E-state index in [4.69, 9.17) is 9.47 Å². The van der Waals surface area contributed by atoms with Crippen LogP contribution in [0.4, 0.5) is 17.5 Å². The minimum Gasteiger partial charge on any atom is -0.465 e. The molecule has 2 N–H and O–H groups in total. The minimum absolute atomic E-state index is 0.244. The highest BCUT2D eigenvalue weighted by atomic mass is 16.7. The summed E-state index contributed by atoms with van der Waals surface area (Å²) in [6.07, 6.45) is 1.51. The topological polar surface area (TPSA) is 107 Å². The van der Waals surface area contributed by atoms with Crippen LogP contribution in [-0.2, 0) is 11.3 Å². The zero-order chi connectivity index (χ0) is 19.3.